The van der Waals surface area contributed by atoms with Crippen LogP contribution in [0, 0.1) is 12.7 Å². The van der Waals surface area contributed by atoms with Crippen LogP contribution in [0.15, 0.2) is 84.9 Å². The molecule has 0 spiro atoms. The first kappa shape index (κ1) is 23.6. The van der Waals surface area contributed by atoms with E-state index in [2.05, 4.69) is 10.4 Å². The van der Waals surface area contributed by atoms with Gasteiger partial charge in [-0.2, -0.15) is 5.10 Å². The molecule has 176 valence electrons. The smallest absolute Gasteiger partial charge is 0.287 e. The zero-order chi connectivity index (χ0) is 24.9. The van der Waals surface area contributed by atoms with Crippen LogP contribution in [0.4, 0.5) is 4.39 Å². The van der Waals surface area contributed by atoms with Crippen LogP contribution < -0.4 is 11.1 Å². The third kappa shape index (κ3) is 5.50. The van der Waals surface area contributed by atoms with Crippen molar-refractivity contribution in [1.29, 1.82) is 0 Å². The number of benzene rings is 3. The summed E-state index contributed by atoms with van der Waals surface area (Å²) < 4.78 is 15.0. The maximum absolute atomic E-state index is 13.6. The van der Waals surface area contributed by atoms with Crippen LogP contribution in [0.5, 0.6) is 0 Å². The van der Waals surface area contributed by atoms with Gasteiger partial charge in [0.05, 0.1) is 11.4 Å². The summed E-state index contributed by atoms with van der Waals surface area (Å²) in [5.74, 6) is -2.91. The highest BCUT2D eigenvalue weighted by molar-refractivity contribution is 6.38. The second kappa shape index (κ2) is 10.1. The molecule has 0 aliphatic rings. The van der Waals surface area contributed by atoms with Crippen LogP contribution in [-0.4, -0.2) is 33.4 Å². The Morgan fingerprint density at radius 3 is 2.31 bits per heavy atom. The minimum Gasteiger partial charge on any atom is -0.363 e. The van der Waals surface area contributed by atoms with Gasteiger partial charge < -0.3 is 11.1 Å². The van der Waals surface area contributed by atoms with Crippen molar-refractivity contribution in [2.24, 2.45) is 5.73 Å². The van der Waals surface area contributed by atoms with Gasteiger partial charge in [0.2, 0.25) is 5.78 Å². The summed E-state index contributed by atoms with van der Waals surface area (Å²) in [5, 5.41) is 7.05. The first-order chi connectivity index (χ1) is 16.8. The normalized spacial score (nSPS) is 11.6. The van der Waals surface area contributed by atoms with Gasteiger partial charge in [-0.1, -0.05) is 54.6 Å². The minimum atomic E-state index is -1.12. The first-order valence-corrected chi connectivity index (χ1v) is 10.9. The van der Waals surface area contributed by atoms with Crippen molar-refractivity contribution in [2.75, 3.05) is 0 Å². The molecule has 4 rings (SSSR count). The van der Waals surface area contributed by atoms with Crippen LogP contribution in [0.3, 0.4) is 0 Å². The predicted molar refractivity (Wildman–Crippen MR) is 129 cm³/mol. The fourth-order valence-electron chi connectivity index (χ4n) is 3.78. The molecule has 1 atom stereocenters. The van der Waals surface area contributed by atoms with Gasteiger partial charge in [-0.05, 0) is 53.9 Å². The van der Waals surface area contributed by atoms with E-state index in [9.17, 15) is 18.8 Å². The van der Waals surface area contributed by atoms with Crippen LogP contribution in [-0.2, 0) is 16.0 Å². The number of nitrogens with two attached hydrogens (primary N) is 1. The number of aryl methyl sites for hydroxylation is 1. The SMILES string of the molecule is Cc1cc(C(=O)N[C@@H](Cc2ccccc2)C(=O)C(N)=O)n(-c2ccc(-c3cccc(F)c3)cc2)n1. The monoisotopic (exact) mass is 470 g/mol. The average Bonchev–Trinajstić information content (AvgIpc) is 3.25. The topological polar surface area (TPSA) is 107 Å². The van der Waals surface area contributed by atoms with Gasteiger partial charge in [0, 0.05) is 6.42 Å². The first-order valence-electron chi connectivity index (χ1n) is 10.9. The van der Waals surface area contributed by atoms with Crippen LogP contribution in [0.25, 0.3) is 16.8 Å². The standard InChI is InChI=1S/C27H23FN4O3/c1-17-14-24(27(35)30-23(25(33)26(29)34)15-18-6-3-2-4-7-18)32(31-17)22-12-10-19(11-13-22)20-8-5-9-21(28)16-20/h2-14,16,23H,15H2,1H3,(H2,29,34)(H,30,35)/t23-/m0/s1. The Balaban J connectivity index is 1.60. The molecule has 7 nitrogen and oxygen atoms in total. The lowest BCUT2D eigenvalue weighted by Gasteiger charge is -2.17. The second-order valence-electron chi connectivity index (χ2n) is 8.08. The van der Waals surface area contributed by atoms with E-state index in [1.54, 1.807) is 73.7 Å². The fourth-order valence-corrected chi connectivity index (χ4v) is 3.78. The molecular formula is C27H23FN4O3. The Bertz CT molecular complexity index is 1380. The van der Waals surface area contributed by atoms with E-state index < -0.39 is 23.6 Å². The van der Waals surface area contributed by atoms with E-state index >= 15 is 0 Å². The number of nitrogens with one attached hydrogen (secondary N) is 1. The second-order valence-corrected chi connectivity index (χ2v) is 8.08. The Morgan fingerprint density at radius 1 is 0.943 bits per heavy atom. The number of halogens is 1. The fraction of sp³-hybridized carbons (Fsp3) is 0.111. The third-order valence-electron chi connectivity index (χ3n) is 5.48. The Labute approximate surface area is 201 Å². The molecule has 0 fully saturated rings. The highest BCUT2D eigenvalue weighted by Gasteiger charge is 2.27. The van der Waals surface area contributed by atoms with Crippen molar-refractivity contribution < 1.29 is 18.8 Å². The number of hydrogen-bond donors (Lipinski definition) is 2. The molecule has 0 unspecified atom stereocenters. The molecule has 0 saturated carbocycles. The van der Waals surface area contributed by atoms with Gasteiger partial charge in [-0.15, -0.1) is 0 Å². The highest BCUT2D eigenvalue weighted by Crippen LogP contribution is 2.22. The molecule has 3 N–H and O–H groups in total. The third-order valence-corrected chi connectivity index (χ3v) is 5.48. The number of carbonyl (C=O) groups is 3. The number of ketones is 1. The number of aromatic nitrogens is 2. The maximum Gasteiger partial charge on any atom is 0.287 e. The Hall–Kier alpha value is -4.59. The number of nitrogens with zero attached hydrogens (tertiary/aromatic N) is 2. The molecule has 4 aromatic rings. The molecule has 2 amide bonds. The highest BCUT2D eigenvalue weighted by atomic mass is 19.1. The van der Waals surface area contributed by atoms with Crippen molar-refractivity contribution in [1.82, 2.24) is 15.1 Å². The predicted octanol–water partition coefficient (Wildman–Crippen LogP) is 3.38. The molecule has 3 aromatic carbocycles. The number of hydrogen-bond acceptors (Lipinski definition) is 4. The lowest BCUT2D eigenvalue weighted by atomic mass is 10.0. The summed E-state index contributed by atoms with van der Waals surface area (Å²) in [7, 11) is 0. The van der Waals surface area contributed by atoms with Gasteiger partial charge in [0.15, 0.2) is 0 Å². The van der Waals surface area contributed by atoms with E-state index in [4.69, 9.17) is 5.73 Å². The van der Waals surface area contributed by atoms with Gasteiger partial charge in [0.25, 0.3) is 11.8 Å². The number of rotatable bonds is 8. The number of carbonyl (C=O) groups excluding carboxylic acids is 3. The molecule has 35 heavy (non-hydrogen) atoms. The van der Waals surface area contributed by atoms with E-state index in [1.807, 2.05) is 6.07 Å². The molecule has 0 aliphatic carbocycles. The van der Waals surface area contributed by atoms with Crippen molar-refractivity contribution >= 4 is 17.6 Å². The molecule has 0 radical (unpaired) electrons. The molecule has 0 saturated heterocycles. The zero-order valence-corrected chi connectivity index (χ0v) is 18.9. The Morgan fingerprint density at radius 2 is 1.66 bits per heavy atom. The van der Waals surface area contributed by atoms with Gasteiger partial charge in [-0.25, -0.2) is 9.07 Å². The quantitative estimate of drug-likeness (QED) is 0.385. The van der Waals surface area contributed by atoms with Crippen molar-refractivity contribution in [3.8, 4) is 16.8 Å². The summed E-state index contributed by atoms with van der Waals surface area (Å²) in [4.78, 5) is 37.2. The lowest BCUT2D eigenvalue weighted by Crippen LogP contribution is -2.47. The van der Waals surface area contributed by atoms with Gasteiger partial charge in [0.1, 0.15) is 17.6 Å². The van der Waals surface area contributed by atoms with Crippen molar-refractivity contribution in [2.45, 2.75) is 19.4 Å². The largest absolute Gasteiger partial charge is 0.363 e. The van der Waals surface area contributed by atoms with Gasteiger partial charge in [-0.3, -0.25) is 14.4 Å². The van der Waals surface area contributed by atoms with E-state index in [0.29, 0.717) is 11.4 Å². The molecule has 1 heterocycles. The van der Waals surface area contributed by atoms with Crippen LogP contribution in [0.2, 0.25) is 0 Å². The average molecular weight is 471 g/mol. The number of primary amides is 1. The summed E-state index contributed by atoms with van der Waals surface area (Å²) in [6.45, 7) is 1.74. The number of amides is 2. The maximum atomic E-state index is 13.6. The summed E-state index contributed by atoms with van der Waals surface area (Å²) in [6, 6.07) is 22.9. The lowest BCUT2D eigenvalue weighted by molar-refractivity contribution is -0.137. The van der Waals surface area contributed by atoms with Gasteiger partial charge >= 0.3 is 0 Å². The van der Waals surface area contributed by atoms with Crippen LogP contribution >= 0.6 is 0 Å². The summed E-state index contributed by atoms with van der Waals surface area (Å²) in [5.41, 5.74) is 8.90. The molecule has 1 aromatic heterocycles. The van der Waals surface area contributed by atoms with E-state index in [-0.39, 0.29) is 17.9 Å². The molecule has 0 bridgehead atoms. The van der Waals surface area contributed by atoms with Crippen molar-refractivity contribution in [3.63, 3.8) is 0 Å². The molecule has 0 aliphatic heterocycles. The van der Waals surface area contributed by atoms with E-state index in [0.717, 1.165) is 16.7 Å². The van der Waals surface area contributed by atoms with Crippen molar-refractivity contribution in [3.05, 3.63) is 108 Å². The zero-order valence-electron chi connectivity index (χ0n) is 18.9. The molecule has 8 heteroatoms. The number of Topliss-reactive ketones (excluding diaryl/α,β-unsaturated/α-hetero) is 1. The summed E-state index contributed by atoms with van der Waals surface area (Å²) in [6.07, 6.45) is 0.115. The minimum absolute atomic E-state index is 0.115. The molecular weight excluding hydrogens is 447 g/mol. The Kier molecular flexibility index (Phi) is 6.82. The van der Waals surface area contributed by atoms with Crippen LogP contribution in [0.1, 0.15) is 21.7 Å². The van der Waals surface area contributed by atoms with E-state index in [1.165, 1.54) is 16.8 Å². The summed E-state index contributed by atoms with van der Waals surface area (Å²) >= 11 is 0.